The molecule has 0 aliphatic heterocycles. The molecule has 20 heavy (non-hydrogen) atoms. The van der Waals surface area contributed by atoms with Crippen LogP contribution in [0, 0.1) is 27.2 Å². The molecule has 8 nitrogen and oxygen atoms in total. The van der Waals surface area contributed by atoms with Gasteiger partial charge in [0.15, 0.2) is 0 Å². The van der Waals surface area contributed by atoms with Gasteiger partial charge in [-0.1, -0.05) is 0 Å². The van der Waals surface area contributed by atoms with E-state index in [1.165, 1.54) is 17.4 Å². The molecule has 104 valence electrons. The summed E-state index contributed by atoms with van der Waals surface area (Å²) in [5.74, 6) is 0.188. The Morgan fingerprint density at radius 2 is 1.95 bits per heavy atom. The quantitative estimate of drug-likeness (QED) is 0.619. The lowest BCUT2D eigenvalue weighted by molar-refractivity contribution is -0.422. The van der Waals surface area contributed by atoms with Gasteiger partial charge in [-0.05, 0) is 13.0 Å². The minimum absolute atomic E-state index is 0.152. The van der Waals surface area contributed by atoms with Gasteiger partial charge in [-0.3, -0.25) is 20.2 Å². The van der Waals surface area contributed by atoms with Gasteiger partial charge in [0.05, 0.1) is 26.6 Å². The van der Waals surface area contributed by atoms with Gasteiger partial charge in [0.1, 0.15) is 12.4 Å². The normalized spacial score (nSPS) is 10.2. The fourth-order valence-corrected chi connectivity index (χ4v) is 2.12. The third kappa shape index (κ3) is 3.06. The van der Waals surface area contributed by atoms with Crippen LogP contribution in [0.4, 0.5) is 11.4 Å². The first kappa shape index (κ1) is 13.9. The Morgan fingerprint density at radius 3 is 2.50 bits per heavy atom. The Bertz CT molecular complexity index is 670. The van der Waals surface area contributed by atoms with E-state index in [0.29, 0.717) is 5.69 Å². The molecular formula is C11H9N3O5S. The maximum Gasteiger partial charge on any atom is 0.349 e. The summed E-state index contributed by atoms with van der Waals surface area (Å²) < 4.78 is 5.35. The van der Waals surface area contributed by atoms with Crippen molar-refractivity contribution in [1.82, 2.24) is 4.98 Å². The Morgan fingerprint density at radius 1 is 1.25 bits per heavy atom. The van der Waals surface area contributed by atoms with E-state index in [1.807, 2.05) is 12.3 Å². The van der Waals surface area contributed by atoms with Crippen LogP contribution >= 0.6 is 11.3 Å². The van der Waals surface area contributed by atoms with E-state index in [-0.39, 0.29) is 12.4 Å². The van der Waals surface area contributed by atoms with Crippen molar-refractivity contribution in [2.24, 2.45) is 0 Å². The summed E-state index contributed by atoms with van der Waals surface area (Å²) >= 11 is 1.47. The molecule has 1 aromatic carbocycles. The topological polar surface area (TPSA) is 108 Å². The first-order valence-corrected chi connectivity index (χ1v) is 6.32. The lowest BCUT2D eigenvalue weighted by atomic mass is 10.2. The highest BCUT2D eigenvalue weighted by Crippen LogP contribution is 2.30. The van der Waals surface area contributed by atoms with Crippen LogP contribution in [0.2, 0.25) is 0 Å². The first-order valence-electron chi connectivity index (χ1n) is 5.44. The van der Waals surface area contributed by atoms with Gasteiger partial charge in [0.2, 0.25) is 0 Å². The van der Waals surface area contributed by atoms with Crippen molar-refractivity contribution in [2.45, 2.75) is 13.5 Å². The highest BCUT2D eigenvalue weighted by atomic mass is 32.1. The fourth-order valence-electron chi connectivity index (χ4n) is 1.53. The summed E-state index contributed by atoms with van der Waals surface area (Å²) in [6.45, 7) is 2.00. The molecule has 1 heterocycles. The molecule has 0 unspecified atom stereocenters. The summed E-state index contributed by atoms with van der Waals surface area (Å²) in [5, 5.41) is 24.2. The van der Waals surface area contributed by atoms with Crippen LogP contribution in [-0.2, 0) is 6.61 Å². The van der Waals surface area contributed by atoms with E-state index >= 15 is 0 Å². The zero-order valence-electron chi connectivity index (χ0n) is 10.3. The molecule has 1 aromatic heterocycles. The number of nitro groups is 2. The molecule has 2 aromatic rings. The van der Waals surface area contributed by atoms with Crippen LogP contribution < -0.4 is 4.74 Å². The fraction of sp³-hybridized carbons (Fsp3) is 0.182. The first-order chi connectivity index (χ1) is 9.47. The number of hydrogen-bond acceptors (Lipinski definition) is 7. The number of nitrogens with zero attached hydrogens (tertiary/aromatic N) is 3. The molecule has 0 aliphatic carbocycles. The molecule has 0 saturated carbocycles. The maximum atomic E-state index is 10.8. The van der Waals surface area contributed by atoms with E-state index in [1.54, 1.807) is 0 Å². The number of thiazole rings is 1. The van der Waals surface area contributed by atoms with Crippen LogP contribution in [0.15, 0.2) is 23.6 Å². The lowest BCUT2D eigenvalue weighted by Gasteiger charge is -2.04. The van der Waals surface area contributed by atoms with Gasteiger partial charge in [-0.2, -0.15) is 0 Å². The molecule has 0 atom stereocenters. The average Bonchev–Trinajstić information content (AvgIpc) is 2.81. The third-order valence-electron chi connectivity index (χ3n) is 2.39. The third-order valence-corrected chi connectivity index (χ3v) is 3.22. The minimum atomic E-state index is -0.808. The highest BCUT2D eigenvalue weighted by Gasteiger charge is 2.24. The van der Waals surface area contributed by atoms with Crippen LogP contribution in [0.3, 0.4) is 0 Å². The number of aryl methyl sites for hydroxylation is 1. The smallest absolute Gasteiger partial charge is 0.349 e. The second-order valence-corrected chi connectivity index (χ2v) is 4.87. The van der Waals surface area contributed by atoms with E-state index < -0.39 is 21.2 Å². The van der Waals surface area contributed by atoms with Gasteiger partial charge in [0, 0.05) is 11.4 Å². The molecule has 9 heteroatoms. The van der Waals surface area contributed by atoms with Crippen molar-refractivity contribution in [1.29, 1.82) is 0 Å². The van der Waals surface area contributed by atoms with E-state index in [0.717, 1.165) is 17.1 Å². The largest absolute Gasteiger partial charge is 0.487 e. The van der Waals surface area contributed by atoms with E-state index in [2.05, 4.69) is 4.98 Å². The summed E-state index contributed by atoms with van der Waals surface area (Å²) in [6.07, 6.45) is 0. The summed E-state index contributed by atoms with van der Waals surface area (Å²) in [7, 11) is 0. The number of ether oxygens (including phenoxy) is 1. The van der Waals surface area contributed by atoms with Crippen molar-refractivity contribution >= 4 is 22.7 Å². The van der Waals surface area contributed by atoms with Gasteiger partial charge < -0.3 is 4.74 Å². The van der Waals surface area contributed by atoms with Crippen molar-refractivity contribution in [3.8, 4) is 5.75 Å². The predicted molar refractivity (Wildman–Crippen MR) is 70.9 cm³/mol. The van der Waals surface area contributed by atoms with Gasteiger partial charge in [0.25, 0.3) is 0 Å². The molecule has 0 aliphatic rings. The SMILES string of the molecule is Cc1nc(COc2ccc([N+](=O)[O-])c([N+](=O)[O-])c2)cs1. The molecular weight excluding hydrogens is 286 g/mol. The van der Waals surface area contributed by atoms with Gasteiger partial charge in [-0.15, -0.1) is 11.3 Å². The second kappa shape index (κ2) is 5.61. The van der Waals surface area contributed by atoms with Gasteiger partial charge in [-0.25, -0.2) is 4.98 Å². The number of aromatic nitrogens is 1. The second-order valence-electron chi connectivity index (χ2n) is 3.81. The summed E-state index contributed by atoms with van der Waals surface area (Å²) in [6, 6.07) is 3.42. The van der Waals surface area contributed by atoms with Crippen molar-refractivity contribution < 1.29 is 14.6 Å². The predicted octanol–water partition coefficient (Wildman–Crippen LogP) is 2.85. The molecule has 0 radical (unpaired) electrons. The molecule has 0 spiro atoms. The van der Waals surface area contributed by atoms with E-state index in [9.17, 15) is 20.2 Å². The zero-order chi connectivity index (χ0) is 14.7. The highest BCUT2D eigenvalue weighted by molar-refractivity contribution is 7.09. The van der Waals surface area contributed by atoms with Crippen LogP contribution in [0.1, 0.15) is 10.7 Å². The average molecular weight is 295 g/mol. The number of benzene rings is 1. The molecule has 0 N–H and O–H groups in total. The number of nitro benzene ring substituents is 2. The maximum absolute atomic E-state index is 10.8. The van der Waals surface area contributed by atoms with Crippen molar-refractivity contribution in [3.63, 3.8) is 0 Å². The Balaban J connectivity index is 2.18. The molecule has 0 saturated heterocycles. The summed E-state index contributed by atoms with van der Waals surface area (Å²) in [5.41, 5.74) is -0.456. The summed E-state index contributed by atoms with van der Waals surface area (Å²) in [4.78, 5) is 24.0. The minimum Gasteiger partial charge on any atom is -0.487 e. The Labute approximate surface area is 116 Å². The zero-order valence-corrected chi connectivity index (χ0v) is 11.1. The molecule has 0 fully saturated rings. The monoisotopic (exact) mass is 295 g/mol. The standard InChI is InChI=1S/C11H9N3O5S/c1-7-12-8(6-20-7)5-19-9-2-3-10(13(15)16)11(4-9)14(17)18/h2-4,6H,5H2,1H3. The molecule has 0 bridgehead atoms. The number of rotatable bonds is 5. The van der Waals surface area contributed by atoms with Gasteiger partial charge >= 0.3 is 11.4 Å². The number of hydrogen-bond donors (Lipinski definition) is 0. The molecule has 2 rings (SSSR count). The van der Waals surface area contributed by atoms with Crippen molar-refractivity contribution in [2.75, 3.05) is 0 Å². The Hall–Kier alpha value is -2.55. The van der Waals surface area contributed by atoms with Crippen LogP contribution in [0.5, 0.6) is 5.75 Å². The van der Waals surface area contributed by atoms with E-state index in [4.69, 9.17) is 4.74 Å². The van der Waals surface area contributed by atoms with Crippen LogP contribution in [0.25, 0.3) is 0 Å². The Kier molecular flexibility index (Phi) is 3.89. The molecule has 0 amide bonds. The van der Waals surface area contributed by atoms with Crippen LogP contribution in [-0.4, -0.2) is 14.8 Å². The lowest BCUT2D eigenvalue weighted by Crippen LogP contribution is -1.99. The van der Waals surface area contributed by atoms with Crippen molar-refractivity contribution in [3.05, 3.63) is 54.5 Å².